The lowest BCUT2D eigenvalue weighted by molar-refractivity contribution is -0.384. The Bertz CT molecular complexity index is 407. The average Bonchev–Trinajstić information content (AvgIpc) is 2.26. The molecule has 2 N–H and O–H groups in total. The number of nitrogens with two attached hydrogens (primary N) is 1. The highest BCUT2D eigenvalue weighted by molar-refractivity contribution is 9.10. The maximum Gasteiger partial charge on any atom is 0.270 e. The largest absolute Gasteiger partial charge is 0.328 e. The fraction of sp³-hybridized carbons (Fsp3) is 0.500. The highest BCUT2D eigenvalue weighted by Crippen LogP contribution is 2.26. The Hall–Kier alpha value is -0.940. The minimum absolute atomic E-state index is 0.106. The Morgan fingerprint density at radius 2 is 2.18 bits per heavy atom. The smallest absolute Gasteiger partial charge is 0.270 e. The minimum Gasteiger partial charge on any atom is -0.328 e. The summed E-state index contributed by atoms with van der Waals surface area (Å²) in [6.07, 6.45) is 1.84. The summed E-state index contributed by atoms with van der Waals surface area (Å²) in [4.78, 5) is 10.2. The van der Waals surface area contributed by atoms with E-state index in [0.29, 0.717) is 5.92 Å². The zero-order valence-corrected chi connectivity index (χ0v) is 11.6. The molecule has 0 fully saturated rings. The van der Waals surface area contributed by atoms with Gasteiger partial charge < -0.3 is 5.73 Å². The highest BCUT2D eigenvalue weighted by Gasteiger charge is 2.15. The van der Waals surface area contributed by atoms with Crippen molar-refractivity contribution in [2.45, 2.75) is 32.7 Å². The van der Waals surface area contributed by atoms with Gasteiger partial charge in [-0.1, -0.05) is 35.3 Å². The van der Waals surface area contributed by atoms with Crippen molar-refractivity contribution in [2.24, 2.45) is 11.7 Å². The van der Waals surface area contributed by atoms with Gasteiger partial charge in [0.05, 0.1) is 4.92 Å². The molecule has 1 rings (SSSR count). The number of nitrogens with zero attached hydrogens (tertiary/aromatic N) is 1. The number of rotatable bonds is 5. The summed E-state index contributed by atoms with van der Waals surface area (Å²) in [6.45, 7) is 4.10. The molecule has 5 heteroatoms. The molecule has 2 atom stereocenters. The Morgan fingerprint density at radius 1 is 1.53 bits per heavy atom. The average molecular weight is 301 g/mol. The molecule has 0 saturated carbocycles. The first-order valence-electron chi connectivity index (χ1n) is 5.64. The lowest BCUT2D eigenvalue weighted by atomic mass is 9.91. The highest BCUT2D eigenvalue weighted by atomic mass is 79.9. The van der Waals surface area contributed by atoms with E-state index in [9.17, 15) is 10.1 Å². The lowest BCUT2D eigenvalue weighted by Crippen LogP contribution is -2.27. The second kappa shape index (κ2) is 6.12. The van der Waals surface area contributed by atoms with Crippen molar-refractivity contribution in [2.75, 3.05) is 0 Å². The van der Waals surface area contributed by atoms with Gasteiger partial charge in [0.25, 0.3) is 5.69 Å². The van der Waals surface area contributed by atoms with Crippen molar-refractivity contribution in [1.29, 1.82) is 0 Å². The van der Waals surface area contributed by atoms with Crippen LogP contribution in [-0.2, 0) is 6.42 Å². The number of nitro groups is 1. The third kappa shape index (κ3) is 3.78. The van der Waals surface area contributed by atoms with Gasteiger partial charge in [-0.25, -0.2) is 0 Å². The van der Waals surface area contributed by atoms with E-state index in [1.54, 1.807) is 12.1 Å². The van der Waals surface area contributed by atoms with Crippen LogP contribution in [0.15, 0.2) is 22.7 Å². The van der Waals surface area contributed by atoms with Gasteiger partial charge in [-0.3, -0.25) is 10.1 Å². The van der Waals surface area contributed by atoms with E-state index in [-0.39, 0.29) is 11.7 Å². The van der Waals surface area contributed by atoms with Crippen LogP contribution in [0.4, 0.5) is 5.69 Å². The van der Waals surface area contributed by atoms with E-state index >= 15 is 0 Å². The number of nitro benzene ring substituents is 1. The van der Waals surface area contributed by atoms with Gasteiger partial charge in [0, 0.05) is 22.6 Å². The third-order valence-electron chi connectivity index (χ3n) is 3.00. The molecule has 0 saturated heterocycles. The van der Waals surface area contributed by atoms with Crippen LogP contribution in [0, 0.1) is 16.0 Å². The van der Waals surface area contributed by atoms with Gasteiger partial charge >= 0.3 is 0 Å². The summed E-state index contributed by atoms with van der Waals surface area (Å²) in [5.74, 6) is 0.396. The van der Waals surface area contributed by atoms with Crippen molar-refractivity contribution in [1.82, 2.24) is 0 Å². The number of benzene rings is 1. The summed E-state index contributed by atoms with van der Waals surface area (Å²) in [7, 11) is 0. The molecule has 0 heterocycles. The maximum absolute atomic E-state index is 10.6. The van der Waals surface area contributed by atoms with Gasteiger partial charge in [0.2, 0.25) is 0 Å². The van der Waals surface area contributed by atoms with Crippen LogP contribution in [0.2, 0.25) is 0 Å². The zero-order chi connectivity index (χ0) is 13.0. The molecule has 0 aliphatic carbocycles. The standard InChI is InChI=1S/C12H17BrN2O2/c1-3-9(8(2)14)6-10-4-5-11(15(16)17)7-12(10)13/h4-5,7-9H,3,6,14H2,1-2H3. The van der Waals surface area contributed by atoms with E-state index in [1.165, 1.54) is 6.07 Å². The molecule has 1 aromatic carbocycles. The van der Waals surface area contributed by atoms with Gasteiger partial charge in [-0.15, -0.1) is 0 Å². The van der Waals surface area contributed by atoms with E-state index in [4.69, 9.17) is 5.73 Å². The monoisotopic (exact) mass is 300 g/mol. The molecular weight excluding hydrogens is 284 g/mol. The first-order chi connectivity index (χ1) is 7.95. The quantitative estimate of drug-likeness (QED) is 0.670. The summed E-state index contributed by atoms with van der Waals surface area (Å²) in [5.41, 5.74) is 7.07. The number of non-ortho nitro benzene ring substituents is 1. The molecule has 94 valence electrons. The molecule has 0 spiro atoms. The van der Waals surface area contributed by atoms with Crippen LogP contribution < -0.4 is 5.73 Å². The predicted molar refractivity (Wildman–Crippen MR) is 71.9 cm³/mol. The molecular formula is C12H17BrN2O2. The van der Waals surface area contributed by atoms with Crippen molar-refractivity contribution >= 4 is 21.6 Å². The van der Waals surface area contributed by atoms with Crippen molar-refractivity contribution < 1.29 is 4.92 Å². The van der Waals surface area contributed by atoms with Crippen molar-refractivity contribution in [3.63, 3.8) is 0 Å². The SMILES string of the molecule is CCC(Cc1ccc([N+](=O)[O-])cc1Br)C(C)N. The first-order valence-corrected chi connectivity index (χ1v) is 6.43. The van der Waals surface area contributed by atoms with Crippen LogP contribution in [-0.4, -0.2) is 11.0 Å². The molecule has 0 amide bonds. The normalized spacial score (nSPS) is 14.4. The van der Waals surface area contributed by atoms with Crippen LogP contribution in [0.3, 0.4) is 0 Å². The lowest BCUT2D eigenvalue weighted by Gasteiger charge is -2.19. The van der Waals surface area contributed by atoms with Crippen LogP contribution in [0.25, 0.3) is 0 Å². The molecule has 0 aromatic heterocycles. The minimum atomic E-state index is -0.391. The van der Waals surface area contributed by atoms with Gasteiger partial charge in [-0.2, -0.15) is 0 Å². The molecule has 0 aliphatic rings. The second-order valence-corrected chi connectivity index (χ2v) is 5.12. The fourth-order valence-corrected chi connectivity index (χ4v) is 2.33. The number of hydrogen-bond donors (Lipinski definition) is 1. The third-order valence-corrected chi connectivity index (χ3v) is 3.74. The fourth-order valence-electron chi connectivity index (χ4n) is 1.80. The van der Waals surface area contributed by atoms with Crippen molar-refractivity contribution in [3.05, 3.63) is 38.3 Å². The van der Waals surface area contributed by atoms with Gasteiger partial charge in [0.15, 0.2) is 0 Å². The van der Waals surface area contributed by atoms with Crippen LogP contribution >= 0.6 is 15.9 Å². The summed E-state index contributed by atoms with van der Waals surface area (Å²) >= 11 is 3.38. The molecule has 1 aromatic rings. The maximum atomic E-state index is 10.6. The Labute approximate surface area is 109 Å². The molecule has 0 bridgehead atoms. The molecule has 0 aliphatic heterocycles. The molecule has 0 radical (unpaired) electrons. The van der Waals surface area contributed by atoms with Crippen LogP contribution in [0.5, 0.6) is 0 Å². The molecule has 4 nitrogen and oxygen atoms in total. The number of halogens is 1. The van der Waals surface area contributed by atoms with Gasteiger partial charge in [-0.05, 0) is 24.8 Å². The zero-order valence-electron chi connectivity index (χ0n) is 10.0. The Kier molecular flexibility index (Phi) is 5.08. The van der Waals surface area contributed by atoms with E-state index in [2.05, 4.69) is 22.9 Å². The Balaban J connectivity index is 2.89. The van der Waals surface area contributed by atoms with E-state index < -0.39 is 4.92 Å². The molecule has 17 heavy (non-hydrogen) atoms. The summed E-state index contributed by atoms with van der Waals surface area (Å²) in [6, 6.07) is 5.01. The van der Waals surface area contributed by atoms with E-state index in [0.717, 1.165) is 22.9 Å². The van der Waals surface area contributed by atoms with Crippen molar-refractivity contribution in [3.8, 4) is 0 Å². The molecule has 2 unspecified atom stereocenters. The van der Waals surface area contributed by atoms with Gasteiger partial charge in [0.1, 0.15) is 0 Å². The first kappa shape index (κ1) is 14.1. The topological polar surface area (TPSA) is 69.2 Å². The predicted octanol–water partition coefficient (Wildman–Crippen LogP) is 3.27. The summed E-state index contributed by atoms with van der Waals surface area (Å²) < 4.78 is 0.783. The number of hydrogen-bond acceptors (Lipinski definition) is 3. The summed E-state index contributed by atoms with van der Waals surface area (Å²) in [5, 5.41) is 10.6. The Morgan fingerprint density at radius 3 is 2.59 bits per heavy atom. The second-order valence-electron chi connectivity index (χ2n) is 4.26. The van der Waals surface area contributed by atoms with E-state index in [1.807, 2.05) is 6.92 Å². The van der Waals surface area contributed by atoms with Crippen LogP contribution in [0.1, 0.15) is 25.8 Å².